The van der Waals surface area contributed by atoms with Gasteiger partial charge in [-0.2, -0.15) is 0 Å². The summed E-state index contributed by atoms with van der Waals surface area (Å²) < 4.78 is 9.06. The van der Waals surface area contributed by atoms with Gasteiger partial charge in [0.25, 0.3) is 22.9 Å². The highest BCUT2D eigenvalue weighted by molar-refractivity contribution is 5.96. The van der Waals surface area contributed by atoms with E-state index in [4.69, 9.17) is 4.74 Å². The average Bonchev–Trinajstić information content (AvgIpc) is 4.00. The summed E-state index contributed by atoms with van der Waals surface area (Å²) in [5, 5.41) is 18.1. The lowest BCUT2D eigenvalue weighted by molar-refractivity contribution is 0.0944. The van der Waals surface area contributed by atoms with E-state index >= 15 is 0 Å². The van der Waals surface area contributed by atoms with Crippen molar-refractivity contribution in [2.75, 3.05) is 33.3 Å². The van der Waals surface area contributed by atoms with Gasteiger partial charge in [-0.3, -0.25) is 28.3 Å². The van der Waals surface area contributed by atoms with E-state index in [1.807, 2.05) is 69.3 Å². The molecule has 11 heteroatoms. The smallest absolute Gasteiger partial charge is 0.263 e. The topological polar surface area (TPSA) is 135 Å². The monoisotopic (exact) mass is 769 g/mol. The number of nitrogens with zero attached hydrogens (tertiary/aromatic N) is 3. The lowest BCUT2D eigenvalue weighted by Gasteiger charge is -2.19. The van der Waals surface area contributed by atoms with Gasteiger partial charge in [0, 0.05) is 49.2 Å². The zero-order valence-corrected chi connectivity index (χ0v) is 33.5. The number of phenols is 1. The first-order valence-corrected chi connectivity index (χ1v) is 19.4. The predicted molar refractivity (Wildman–Crippen MR) is 227 cm³/mol. The second kappa shape index (κ2) is 17.7. The van der Waals surface area contributed by atoms with Crippen LogP contribution in [0.2, 0.25) is 0 Å². The van der Waals surface area contributed by atoms with Crippen molar-refractivity contribution < 1.29 is 19.4 Å². The van der Waals surface area contributed by atoms with Crippen molar-refractivity contribution >= 4 is 33.4 Å². The highest BCUT2D eigenvalue weighted by atomic mass is 16.5. The number of ether oxygens (including phenoxy) is 1. The zero-order chi connectivity index (χ0) is 40.8. The maximum atomic E-state index is 13.4. The van der Waals surface area contributed by atoms with Crippen molar-refractivity contribution in [3.8, 4) is 22.9 Å². The van der Waals surface area contributed by atoms with Crippen LogP contribution in [0.1, 0.15) is 65.5 Å². The first-order chi connectivity index (χ1) is 27.3. The van der Waals surface area contributed by atoms with Gasteiger partial charge in [-0.05, 0) is 129 Å². The van der Waals surface area contributed by atoms with Crippen LogP contribution < -0.4 is 26.5 Å². The second-order valence-corrected chi connectivity index (χ2v) is 15.1. The molecule has 1 aliphatic carbocycles. The Morgan fingerprint density at radius 3 is 1.91 bits per heavy atom. The first kappa shape index (κ1) is 40.5. The molecule has 1 aliphatic rings. The van der Waals surface area contributed by atoms with E-state index < -0.39 is 0 Å². The molecule has 0 radical (unpaired) electrons. The van der Waals surface area contributed by atoms with Gasteiger partial charge in [-0.1, -0.05) is 38.1 Å². The van der Waals surface area contributed by atoms with Crippen molar-refractivity contribution in [3.05, 3.63) is 140 Å². The lowest BCUT2D eigenvalue weighted by atomic mass is 10.1. The van der Waals surface area contributed by atoms with E-state index in [0.717, 1.165) is 47.8 Å². The fraction of sp³-hybridized carbons (Fsp3) is 0.304. The van der Waals surface area contributed by atoms with Gasteiger partial charge in [-0.25, -0.2) is 0 Å². The number of fused-ring (bicyclic) bond motifs is 2. The summed E-state index contributed by atoms with van der Waals surface area (Å²) in [7, 11) is 2.09. The molecule has 1 fully saturated rings. The van der Waals surface area contributed by atoms with E-state index in [1.165, 1.54) is 10.6 Å². The quantitative estimate of drug-likeness (QED) is 0.123. The number of pyridine rings is 2. The molecule has 4 aromatic carbocycles. The largest absolute Gasteiger partial charge is 0.508 e. The van der Waals surface area contributed by atoms with Gasteiger partial charge in [0.1, 0.15) is 18.1 Å². The van der Waals surface area contributed by atoms with Gasteiger partial charge in [0.05, 0.1) is 22.1 Å². The van der Waals surface area contributed by atoms with E-state index in [2.05, 4.69) is 36.4 Å². The van der Waals surface area contributed by atoms with Crippen LogP contribution in [0.5, 0.6) is 11.5 Å². The number of benzene rings is 4. The van der Waals surface area contributed by atoms with Crippen LogP contribution in [-0.2, 0) is 0 Å². The minimum Gasteiger partial charge on any atom is -0.508 e. The summed E-state index contributed by atoms with van der Waals surface area (Å²) in [6.07, 6.45) is 5.53. The summed E-state index contributed by atoms with van der Waals surface area (Å²) >= 11 is 0. The van der Waals surface area contributed by atoms with Crippen LogP contribution in [0.25, 0.3) is 32.9 Å². The number of hydrogen-bond acceptors (Lipinski definition) is 7. The van der Waals surface area contributed by atoms with Crippen molar-refractivity contribution in [2.45, 2.75) is 53.5 Å². The molecule has 2 heterocycles. The summed E-state index contributed by atoms with van der Waals surface area (Å²) in [6, 6.07) is 25.1. The second-order valence-electron chi connectivity index (χ2n) is 15.1. The molecule has 11 nitrogen and oxygen atoms in total. The molecular weight excluding hydrogens is 719 g/mol. The SMILES string of the molecule is CCNC(=O)c1ccc(C)c(-n2ccc3ccc(O)cc3c2=O)c1.Cc1ccc(C(=O)NC2CC2)cc1-n1ccc2ccc(OCCN(C)CC(C)C)cc2c1=O. The van der Waals surface area contributed by atoms with Crippen LogP contribution in [0.4, 0.5) is 0 Å². The summed E-state index contributed by atoms with van der Waals surface area (Å²) in [5.74, 6) is 1.07. The van der Waals surface area contributed by atoms with Crippen LogP contribution in [0.15, 0.2) is 107 Å². The molecule has 0 atom stereocenters. The van der Waals surface area contributed by atoms with E-state index in [9.17, 15) is 24.3 Å². The predicted octanol–water partition coefficient (Wildman–Crippen LogP) is 6.91. The van der Waals surface area contributed by atoms with Crippen LogP contribution in [0.3, 0.4) is 0 Å². The van der Waals surface area contributed by atoms with Crippen LogP contribution in [0, 0.1) is 19.8 Å². The number of carbonyl (C=O) groups is 2. The molecule has 7 rings (SSSR count). The third-order valence-electron chi connectivity index (χ3n) is 9.90. The number of hydrogen-bond donors (Lipinski definition) is 3. The maximum absolute atomic E-state index is 13.4. The highest BCUT2D eigenvalue weighted by Crippen LogP contribution is 2.24. The fourth-order valence-electron chi connectivity index (χ4n) is 6.73. The Balaban J connectivity index is 0.000000203. The van der Waals surface area contributed by atoms with Crippen molar-refractivity contribution in [1.29, 1.82) is 0 Å². The maximum Gasteiger partial charge on any atom is 0.263 e. The van der Waals surface area contributed by atoms with Crippen LogP contribution >= 0.6 is 0 Å². The molecule has 0 saturated heterocycles. The van der Waals surface area contributed by atoms with E-state index in [-0.39, 0.29) is 34.7 Å². The fourth-order valence-corrected chi connectivity index (χ4v) is 6.73. The van der Waals surface area contributed by atoms with Crippen molar-refractivity contribution in [1.82, 2.24) is 24.7 Å². The average molecular weight is 770 g/mol. The molecule has 296 valence electrons. The van der Waals surface area contributed by atoms with E-state index in [0.29, 0.717) is 58.1 Å². The number of aryl methyl sites for hydroxylation is 2. The number of nitrogens with one attached hydrogen (secondary N) is 2. The van der Waals surface area contributed by atoms with Crippen LogP contribution in [-0.4, -0.2) is 70.3 Å². The molecule has 57 heavy (non-hydrogen) atoms. The van der Waals surface area contributed by atoms with Gasteiger partial charge in [0.2, 0.25) is 0 Å². The summed E-state index contributed by atoms with van der Waals surface area (Å²) in [4.78, 5) is 53.0. The molecule has 0 bridgehead atoms. The molecule has 0 aliphatic heterocycles. The van der Waals surface area contributed by atoms with Crippen molar-refractivity contribution in [3.63, 3.8) is 0 Å². The molecule has 2 aromatic heterocycles. The highest BCUT2D eigenvalue weighted by Gasteiger charge is 2.24. The standard InChI is InChI=1S/C27H33N3O3.C19H18N2O3/c1-18(2)17-29(4)13-14-33-23-10-7-20-11-12-30(27(32)24(20)16-23)25-15-21(6-5-19(25)3)26(31)28-22-8-9-22;1-3-20-18(23)14-5-4-12(2)17(10-14)21-9-8-13-6-7-15(22)11-16(13)19(21)24/h5-7,10-12,15-16,18,22H,8-9,13-14,17H2,1-4H3,(H,28,31);4-11,22H,3H2,1-2H3,(H,20,23). The van der Waals surface area contributed by atoms with Gasteiger partial charge < -0.3 is 25.4 Å². The molecule has 0 spiro atoms. The molecular formula is C46H51N5O6. The number of carbonyl (C=O) groups excluding carboxylic acids is 2. The molecule has 3 N–H and O–H groups in total. The third kappa shape index (κ3) is 9.79. The number of phenolic OH excluding ortho intramolecular Hbond substituents is 1. The Bertz CT molecular complexity index is 2550. The molecule has 6 aromatic rings. The summed E-state index contributed by atoms with van der Waals surface area (Å²) in [5.41, 5.74) is 3.88. The van der Waals surface area contributed by atoms with Gasteiger partial charge in [0.15, 0.2) is 0 Å². The van der Waals surface area contributed by atoms with Gasteiger partial charge >= 0.3 is 0 Å². The Morgan fingerprint density at radius 2 is 1.35 bits per heavy atom. The normalized spacial score (nSPS) is 12.4. The third-order valence-corrected chi connectivity index (χ3v) is 9.90. The zero-order valence-electron chi connectivity index (χ0n) is 33.5. The minimum atomic E-state index is -0.237. The van der Waals surface area contributed by atoms with Gasteiger partial charge in [-0.15, -0.1) is 0 Å². The number of amides is 2. The van der Waals surface area contributed by atoms with E-state index in [1.54, 1.807) is 47.3 Å². The molecule has 1 saturated carbocycles. The molecule has 2 amide bonds. The minimum absolute atomic E-state index is 0.0464. The Labute approximate surface area is 332 Å². The number of aromatic nitrogens is 2. The van der Waals surface area contributed by atoms with Crippen molar-refractivity contribution in [2.24, 2.45) is 5.92 Å². The number of likely N-dealkylation sites (N-methyl/N-ethyl adjacent to an activating group) is 1. The summed E-state index contributed by atoms with van der Waals surface area (Å²) in [6.45, 7) is 13.0. The molecule has 0 unspecified atom stereocenters. The Kier molecular flexibility index (Phi) is 12.6. The first-order valence-electron chi connectivity index (χ1n) is 19.4. The lowest BCUT2D eigenvalue weighted by Crippen LogP contribution is -2.27. The Hall–Kier alpha value is -6.20. The number of rotatable bonds is 12. The Morgan fingerprint density at radius 1 is 0.789 bits per heavy atom. The number of aromatic hydroxyl groups is 1.